The number of nitrogens with zero attached hydrogens (tertiary/aromatic N) is 2. The Labute approximate surface area is 119 Å². The van der Waals surface area contributed by atoms with Crippen molar-refractivity contribution in [2.45, 2.75) is 20.4 Å². The van der Waals surface area contributed by atoms with Gasteiger partial charge in [0, 0.05) is 31.4 Å². The van der Waals surface area contributed by atoms with Crippen molar-refractivity contribution in [2.24, 2.45) is 5.92 Å². The average Bonchev–Trinajstić information content (AvgIpc) is 2.82. The van der Waals surface area contributed by atoms with Gasteiger partial charge in [0.15, 0.2) is 14.1 Å². The first-order valence-electron chi connectivity index (χ1n) is 6.71. The van der Waals surface area contributed by atoms with E-state index in [0.717, 1.165) is 19.3 Å². The molecule has 0 saturated heterocycles. The van der Waals surface area contributed by atoms with Crippen LogP contribution in [0.3, 0.4) is 0 Å². The Bertz CT molecular complexity index is 460. The Morgan fingerprint density at radius 3 is 2.85 bits per heavy atom. The molecule has 0 amide bonds. The lowest BCUT2D eigenvalue weighted by Gasteiger charge is -2.27. The maximum atomic E-state index is 10.9. The van der Waals surface area contributed by atoms with Crippen LogP contribution >= 0.6 is 8.38 Å². The summed E-state index contributed by atoms with van der Waals surface area (Å²) in [7, 11) is -0.869. The number of carbonyl (C=O) groups is 1. The molecular formula is C12H20N3O4P. The fourth-order valence-corrected chi connectivity index (χ4v) is 3.67. The van der Waals surface area contributed by atoms with Gasteiger partial charge in [-0.3, -0.25) is 0 Å². The molecule has 1 atom stereocenters. The maximum Gasteiger partial charge on any atom is 0.356 e. The fraction of sp³-hybridized carbons (Fsp3) is 0.667. The maximum absolute atomic E-state index is 10.9. The van der Waals surface area contributed by atoms with Gasteiger partial charge in [0.05, 0.1) is 13.2 Å². The molecule has 2 heterocycles. The summed E-state index contributed by atoms with van der Waals surface area (Å²) in [5.74, 6) is -0.0329. The highest BCUT2D eigenvalue weighted by Gasteiger charge is 2.25. The molecule has 1 unspecified atom stereocenters. The van der Waals surface area contributed by atoms with Crippen LogP contribution in [0.25, 0.3) is 0 Å². The molecular weight excluding hydrogens is 281 g/mol. The van der Waals surface area contributed by atoms with E-state index >= 15 is 0 Å². The van der Waals surface area contributed by atoms with Crippen molar-refractivity contribution in [3.8, 4) is 0 Å². The topological polar surface area (TPSA) is 85.6 Å². The number of imidazole rings is 1. The zero-order chi connectivity index (χ0) is 14.5. The monoisotopic (exact) mass is 301 g/mol. The van der Waals surface area contributed by atoms with Crippen LogP contribution in [-0.2, 0) is 15.6 Å². The molecule has 0 fully saturated rings. The van der Waals surface area contributed by atoms with Crippen molar-refractivity contribution in [1.82, 2.24) is 9.55 Å². The van der Waals surface area contributed by atoms with Crippen LogP contribution in [0.4, 0.5) is 5.95 Å². The first-order chi connectivity index (χ1) is 9.63. The zero-order valence-electron chi connectivity index (χ0n) is 11.7. The first-order valence-corrected chi connectivity index (χ1v) is 8.08. The number of hydrogen-bond donors (Lipinski definition) is 2. The number of hydrogen-bond acceptors (Lipinski definition) is 5. The summed E-state index contributed by atoms with van der Waals surface area (Å²) >= 11 is 0. The normalized spacial score (nSPS) is 17.9. The molecule has 1 aromatic rings. The van der Waals surface area contributed by atoms with E-state index in [1.807, 2.05) is 18.4 Å². The Hall–Kier alpha value is -1.17. The smallest absolute Gasteiger partial charge is 0.356 e. The first kappa shape index (κ1) is 15.2. The summed E-state index contributed by atoms with van der Waals surface area (Å²) in [5.41, 5.74) is 0.0741. The summed E-state index contributed by atoms with van der Waals surface area (Å²) in [6, 6.07) is 0. The van der Waals surface area contributed by atoms with Gasteiger partial charge in [0.25, 0.3) is 0 Å². The molecule has 1 aromatic heterocycles. The van der Waals surface area contributed by atoms with Crippen molar-refractivity contribution >= 4 is 20.3 Å². The van der Waals surface area contributed by atoms with Gasteiger partial charge < -0.3 is 24.0 Å². The Morgan fingerprint density at radius 2 is 2.25 bits per heavy atom. The molecule has 0 saturated carbocycles. The SMILES string of the molecule is CCOP(CC1CNc2nc(C(=O)O)cn2C1)OCC. The number of rotatable bonds is 7. The minimum atomic E-state index is -1.00. The van der Waals surface area contributed by atoms with Gasteiger partial charge >= 0.3 is 5.97 Å². The number of nitrogens with one attached hydrogen (secondary N) is 1. The molecule has 20 heavy (non-hydrogen) atoms. The van der Waals surface area contributed by atoms with E-state index in [9.17, 15) is 4.79 Å². The minimum Gasteiger partial charge on any atom is -0.476 e. The molecule has 1 aliphatic heterocycles. The Morgan fingerprint density at radius 1 is 1.55 bits per heavy atom. The summed E-state index contributed by atoms with van der Waals surface area (Å²) < 4.78 is 13.1. The highest BCUT2D eigenvalue weighted by molar-refractivity contribution is 7.47. The number of anilines is 1. The summed E-state index contributed by atoms with van der Waals surface area (Å²) in [5, 5.41) is 12.1. The highest BCUT2D eigenvalue weighted by atomic mass is 31.2. The average molecular weight is 301 g/mol. The fourth-order valence-electron chi connectivity index (χ4n) is 2.14. The molecule has 0 radical (unpaired) electrons. The van der Waals surface area contributed by atoms with Crippen molar-refractivity contribution < 1.29 is 18.9 Å². The minimum absolute atomic E-state index is 0.0741. The number of carboxylic acids is 1. The molecule has 0 spiro atoms. The lowest BCUT2D eigenvalue weighted by Crippen LogP contribution is -2.29. The third kappa shape index (κ3) is 3.69. The number of aromatic carboxylic acids is 1. The van der Waals surface area contributed by atoms with E-state index < -0.39 is 14.3 Å². The van der Waals surface area contributed by atoms with Crippen molar-refractivity contribution in [2.75, 3.05) is 31.2 Å². The third-order valence-electron chi connectivity index (χ3n) is 2.95. The highest BCUT2D eigenvalue weighted by Crippen LogP contribution is 2.41. The van der Waals surface area contributed by atoms with Gasteiger partial charge in [-0.25, -0.2) is 9.78 Å². The van der Waals surface area contributed by atoms with Gasteiger partial charge in [-0.1, -0.05) is 0 Å². The van der Waals surface area contributed by atoms with Gasteiger partial charge in [0.1, 0.15) is 0 Å². The molecule has 1 aliphatic rings. The number of aromatic nitrogens is 2. The number of fused-ring (bicyclic) bond motifs is 1. The predicted molar refractivity (Wildman–Crippen MR) is 76.2 cm³/mol. The van der Waals surface area contributed by atoms with E-state index in [2.05, 4.69) is 10.3 Å². The predicted octanol–water partition coefficient (Wildman–Crippen LogP) is 2.01. The standard InChI is InChI=1S/C12H20N3O4P/c1-3-18-20(19-4-2)8-9-5-13-12-14-10(11(16)17)7-15(12)6-9/h7,9H,3-6,8H2,1-2H3,(H,13,14)(H,16,17). The molecule has 112 valence electrons. The third-order valence-corrected chi connectivity index (χ3v) is 4.86. The summed E-state index contributed by atoms with van der Waals surface area (Å²) in [6.07, 6.45) is 2.41. The van der Waals surface area contributed by atoms with Crippen molar-refractivity contribution in [1.29, 1.82) is 0 Å². The van der Waals surface area contributed by atoms with Gasteiger partial charge in [-0.05, 0) is 13.8 Å². The van der Waals surface area contributed by atoms with Crippen LogP contribution < -0.4 is 5.32 Å². The van der Waals surface area contributed by atoms with E-state index in [1.165, 1.54) is 0 Å². The molecule has 0 aliphatic carbocycles. The Balaban J connectivity index is 1.97. The van der Waals surface area contributed by atoms with Gasteiger partial charge in [-0.15, -0.1) is 0 Å². The van der Waals surface area contributed by atoms with Crippen molar-refractivity contribution in [3.63, 3.8) is 0 Å². The second-order valence-electron chi connectivity index (χ2n) is 4.51. The Kier molecular flexibility index (Phi) is 5.34. The molecule has 2 rings (SSSR count). The van der Waals surface area contributed by atoms with Crippen LogP contribution in [0.15, 0.2) is 6.20 Å². The van der Waals surface area contributed by atoms with Gasteiger partial charge in [0.2, 0.25) is 5.95 Å². The molecule has 2 N–H and O–H groups in total. The second-order valence-corrected chi connectivity index (χ2v) is 6.05. The van der Waals surface area contributed by atoms with Crippen LogP contribution in [0.5, 0.6) is 0 Å². The van der Waals surface area contributed by atoms with E-state index in [0.29, 0.717) is 25.1 Å². The van der Waals surface area contributed by atoms with Gasteiger partial charge in [-0.2, -0.15) is 0 Å². The lowest BCUT2D eigenvalue weighted by atomic mass is 10.1. The molecule has 0 bridgehead atoms. The van der Waals surface area contributed by atoms with Crippen molar-refractivity contribution in [3.05, 3.63) is 11.9 Å². The number of carboxylic acid groups (broad SMARTS) is 1. The van der Waals surface area contributed by atoms with E-state index in [4.69, 9.17) is 14.2 Å². The molecule has 0 aromatic carbocycles. The summed E-state index contributed by atoms with van der Waals surface area (Å²) in [4.78, 5) is 14.9. The van der Waals surface area contributed by atoms with E-state index in [1.54, 1.807) is 6.20 Å². The van der Waals surface area contributed by atoms with Crippen LogP contribution in [0.1, 0.15) is 24.3 Å². The zero-order valence-corrected chi connectivity index (χ0v) is 12.6. The van der Waals surface area contributed by atoms with Crippen LogP contribution in [0, 0.1) is 5.92 Å². The second kappa shape index (κ2) is 7.02. The lowest BCUT2D eigenvalue weighted by molar-refractivity contribution is 0.0691. The van der Waals surface area contributed by atoms with Crippen LogP contribution in [-0.4, -0.2) is 46.5 Å². The quantitative estimate of drug-likeness (QED) is 0.749. The van der Waals surface area contributed by atoms with E-state index in [-0.39, 0.29) is 5.69 Å². The summed E-state index contributed by atoms with van der Waals surface area (Å²) in [6.45, 7) is 6.70. The van der Waals surface area contributed by atoms with Crippen LogP contribution in [0.2, 0.25) is 0 Å². The largest absolute Gasteiger partial charge is 0.476 e. The molecule has 8 heteroatoms. The molecule has 7 nitrogen and oxygen atoms in total.